The highest BCUT2D eigenvalue weighted by molar-refractivity contribution is 14.1. The van der Waals surface area contributed by atoms with Gasteiger partial charge in [0.2, 0.25) is 0 Å². The van der Waals surface area contributed by atoms with Crippen LogP contribution in [0.1, 0.15) is 23.6 Å². The summed E-state index contributed by atoms with van der Waals surface area (Å²) in [6.07, 6.45) is 1.51. The Morgan fingerprint density at radius 1 is 1.03 bits per heavy atom. The zero-order valence-corrected chi connectivity index (χ0v) is 24.6. The number of nitrogens with one attached hydrogen (secondary N) is 1. The minimum atomic E-state index is -0.515. The van der Waals surface area contributed by atoms with Crippen molar-refractivity contribution in [3.8, 4) is 29.1 Å². The van der Waals surface area contributed by atoms with Crippen molar-refractivity contribution >= 4 is 57.8 Å². The number of nitriles is 1. The van der Waals surface area contributed by atoms with Crippen molar-refractivity contribution in [3.63, 3.8) is 0 Å². The van der Waals surface area contributed by atoms with Gasteiger partial charge in [0, 0.05) is 18.2 Å². The van der Waals surface area contributed by atoms with E-state index in [2.05, 4.69) is 27.9 Å². The van der Waals surface area contributed by atoms with Crippen LogP contribution in [0.25, 0.3) is 6.08 Å². The van der Waals surface area contributed by atoms with Gasteiger partial charge in [0.1, 0.15) is 29.7 Å². The van der Waals surface area contributed by atoms with Crippen LogP contribution in [0, 0.1) is 14.9 Å². The molecule has 0 saturated carbocycles. The largest absolute Gasteiger partial charge is 0.497 e. The molecule has 0 radical (unpaired) electrons. The quantitative estimate of drug-likeness (QED) is 0.137. The molecule has 0 aliphatic carbocycles. The fourth-order valence-corrected chi connectivity index (χ4v) is 4.54. The highest BCUT2D eigenvalue weighted by atomic mass is 127. The molecular weight excluding hydrogens is 642 g/mol. The highest BCUT2D eigenvalue weighted by Gasteiger charge is 2.15. The predicted octanol–water partition coefficient (Wildman–Crippen LogP) is 6.82. The summed E-state index contributed by atoms with van der Waals surface area (Å²) in [6, 6.07) is 16.1. The van der Waals surface area contributed by atoms with Gasteiger partial charge < -0.3 is 24.3 Å². The number of hydrogen-bond acceptors (Lipinski definition) is 6. The van der Waals surface area contributed by atoms with E-state index in [4.69, 9.17) is 42.1 Å². The third kappa shape index (κ3) is 7.69. The molecule has 198 valence electrons. The second-order valence-corrected chi connectivity index (χ2v) is 9.81. The zero-order valence-electron chi connectivity index (χ0n) is 20.9. The molecule has 7 nitrogen and oxygen atoms in total. The van der Waals surface area contributed by atoms with Crippen molar-refractivity contribution < 1.29 is 23.7 Å². The number of methoxy groups -OCH3 is 2. The number of nitrogens with zero attached hydrogens (tertiary/aromatic N) is 1. The Bertz CT molecular complexity index is 1390. The third-order valence-electron chi connectivity index (χ3n) is 5.31. The first-order valence-corrected chi connectivity index (χ1v) is 13.3. The van der Waals surface area contributed by atoms with Gasteiger partial charge in [-0.1, -0.05) is 29.3 Å². The normalized spacial score (nSPS) is 10.9. The molecule has 10 heteroatoms. The molecule has 0 aromatic heterocycles. The van der Waals surface area contributed by atoms with Gasteiger partial charge in [-0.05, 0) is 83.1 Å². The average molecular weight is 667 g/mol. The number of halogens is 3. The molecule has 0 atom stereocenters. The molecular formula is C28H25Cl2IN2O5. The predicted molar refractivity (Wildman–Crippen MR) is 156 cm³/mol. The Balaban J connectivity index is 1.79. The van der Waals surface area contributed by atoms with E-state index in [1.54, 1.807) is 43.5 Å². The molecule has 0 spiro atoms. The fraction of sp³-hybridized carbons (Fsp3) is 0.214. The van der Waals surface area contributed by atoms with Crippen LogP contribution in [0.2, 0.25) is 10.0 Å². The van der Waals surface area contributed by atoms with Crippen molar-refractivity contribution in [1.82, 2.24) is 5.32 Å². The van der Waals surface area contributed by atoms with Crippen molar-refractivity contribution in [1.29, 1.82) is 5.26 Å². The molecule has 0 heterocycles. The minimum absolute atomic E-state index is 0.0554. The van der Waals surface area contributed by atoms with Crippen molar-refractivity contribution in [2.24, 2.45) is 0 Å². The Kier molecular flexibility index (Phi) is 11.0. The van der Waals surface area contributed by atoms with Gasteiger partial charge >= 0.3 is 0 Å². The van der Waals surface area contributed by atoms with Crippen LogP contribution in [0.3, 0.4) is 0 Å². The Morgan fingerprint density at radius 2 is 1.82 bits per heavy atom. The van der Waals surface area contributed by atoms with E-state index in [0.717, 1.165) is 14.7 Å². The topological polar surface area (TPSA) is 89.8 Å². The summed E-state index contributed by atoms with van der Waals surface area (Å²) in [5.74, 6) is 1.73. The Hall–Kier alpha value is -3.13. The lowest BCUT2D eigenvalue weighted by atomic mass is 10.1. The molecule has 38 heavy (non-hydrogen) atoms. The molecule has 0 aliphatic rings. The average Bonchev–Trinajstić information content (AvgIpc) is 2.91. The molecule has 0 saturated heterocycles. The van der Waals surface area contributed by atoms with E-state index in [0.29, 0.717) is 45.2 Å². The van der Waals surface area contributed by atoms with E-state index >= 15 is 0 Å². The molecule has 3 aromatic carbocycles. The van der Waals surface area contributed by atoms with Gasteiger partial charge in [-0.15, -0.1) is 0 Å². The molecule has 0 bridgehead atoms. The van der Waals surface area contributed by atoms with E-state index in [9.17, 15) is 10.1 Å². The molecule has 1 amide bonds. The minimum Gasteiger partial charge on any atom is -0.497 e. The van der Waals surface area contributed by atoms with Gasteiger partial charge in [-0.3, -0.25) is 4.79 Å². The summed E-state index contributed by atoms with van der Waals surface area (Å²) in [6.45, 7) is 2.69. The lowest BCUT2D eigenvalue weighted by molar-refractivity contribution is -0.117. The van der Waals surface area contributed by atoms with Gasteiger partial charge in [-0.2, -0.15) is 5.26 Å². The van der Waals surface area contributed by atoms with Crippen LogP contribution < -0.4 is 24.3 Å². The van der Waals surface area contributed by atoms with E-state index in [-0.39, 0.29) is 18.7 Å². The van der Waals surface area contributed by atoms with E-state index < -0.39 is 5.91 Å². The summed E-state index contributed by atoms with van der Waals surface area (Å²) in [4.78, 5) is 12.8. The fourth-order valence-electron chi connectivity index (χ4n) is 3.44. The second-order valence-electron chi connectivity index (χ2n) is 7.83. The number of rotatable bonds is 11. The van der Waals surface area contributed by atoms with Crippen LogP contribution in [-0.4, -0.2) is 26.7 Å². The van der Waals surface area contributed by atoms with Crippen molar-refractivity contribution in [3.05, 3.63) is 84.4 Å². The number of benzene rings is 3. The summed E-state index contributed by atoms with van der Waals surface area (Å²) in [5.41, 5.74) is 2.16. The summed E-state index contributed by atoms with van der Waals surface area (Å²) in [5, 5.41) is 13.4. The lowest BCUT2D eigenvalue weighted by Crippen LogP contribution is -2.24. The SMILES string of the molecule is CCOc1cc(/C=C(\C#N)C(=O)NCc2ccc(OC)cc2OC)cc(I)c1OCc1ccc(Cl)c(Cl)c1. The smallest absolute Gasteiger partial charge is 0.262 e. The van der Waals surface area contributed by atoms with Crippen LogP contribution in [0.15, 0.2) is 54.1 Å². The second kappa shape index (κ2) is 14.1. The maximum absolute atomic E-state index is 12.8. The number of hydrogen-bond donors (Lipinski definition) is 1. The summed E-state index contributed by atoms with van der Waals surface area (Å²) in [7, 11) is 3.10. The number of amides is 1. The monoisotopic (exact) mass is 666 g/mol. The summed E-state index contributed by atoms with van der Waals surface area (Å²) < 4.78 is 23.2. The van der Waals surface area contributed by atoms with E-state index in [1.165, 1.54) is 13.2 Å². The maximum atomic E-state index is 12.8. The maximum Gasteiger partial charge on any atom is 0.262 e. The third-order valence-corrected chi connectivity index (χ3v) is 6.85. The molecule has 3 aromatic rings. The molecule has 0 unspecified atom stereocenters. The van der Waals surface area contributed by atoms with Gasteiger partial charge in [0.05, 0.1) is 34.4 Å². The van der Waals surface area contributed by atoms with Gasteiger partial charge in [-0.25, -0.2) is 0 Å². The first-order chi connectivity index (χ1) is 18.3. The highest BCUT2D eigenvalue weighted by Crippen LogP contribution is 2.36. The number of ether oxygens (including phenoxy) is 4. The van der Waals surface area contributed by atoms with Crippen molar-refractivity contribution in [2.45, 2.75) is 20.1 Å². The Morgan fingerprint density at radius 3 is 2.47 bits per heavy atom. The van der Waals surface area contributed by atoms with Crippen molar-refractivity contribution in [2.75, 3.05) is 20.8 Å². The Labute approximate surface area is 245 Å². The van der Waals surface area contributed by atoms with E-state index in [1.807, 2.05) is 25.1 Å². The van der Waals surface area contributed by atoms with Gasteiger partial charge in [0.15, 0.2) is 11.5 Å². The zero-order chi connectivity index (χ0) is 27.7. The first kappa shape index (κ1) is 29.4. The van der Waals surface area contributed by atoms with Crippen LogP contribution in [0.4, 0.5) is 0 Å². The van der Waals surface area contributed by atoms with Crippen LogP contribution in [-0.2, 0) is 17.9 Å². The molecule has 3 rings (SSSR count). The lowest BCUT2D eigenvalue weighted by Gasteiger charge is -2.15. The first-order valence-electron chi connectivity index (χ1n) is 11.4. The van der Waals surface area contributed by atoms with Crippen LogP contribution in [0.5, 0.6) is 23.0 Å². The molecule has 0 aliphatic heterocycles. The van der Waals surface area contributed by atoms with Crippen LogP contribution >= 0.6 is 45.8 Å². The van der Waals surface area contributed by atoms with Gasteiger partial charge in [0.25, 0.3) is 5.91 Å². The number of carbonyl (C=O) groups is 1. The molecule has 0 fully saturated rings. The molecule has 1 N–H and O–H groups in total. The standard InChI is InChI=1S/C28H25Cl2IN2O5/c1-4-37-26-12-18(11-24(31)27(26)38-16-17-5-8-22(29)23(30)10-17)9-20(14-32)28(34)33-15-19-6-7-21(35-2)13-25(19)36-3/h5-13H,4,15-16H2,1-3H3,(H,33,34)/b20-9+. The number of carbonyl (C=O) groups excluding carboxylic acids is 1. The summed E-state index contributed by atoms with van der Waals surface area (Å²) >= 11 is 14.2.